The normalized spacial score (nSPS) is 27.6. The Hall–Kier alpha value is -2.59. The van der Waals surface area contributed by atoms with Gasteiger partial charge in [0.25, 0.3) is 5.56 Å². The summed E-state index contributed by atoms with van der Waals surface area (Å²) in [7, 11) is 0. The third-order valence-electron chi connectivity index (χ3n) is 4.68. The summed E-state index contributed by atoms with van der Waals surface area (Å²) >= 11 is 0. The number of benzene rings is 1. The van der Waals surface area contributed by atoms with E-state index in [2.05, 4.69) is 0 Å². The van der Waals surface area contributed by atoms with Crippen molar-refractivity contribution >= 4 is 5.78 Å². The van der Waals surface area contributed by atoms with Crippen LogP contribution >= 0.6 is 0 Å². The van der Waals surface area contributed by atoms with Crippen molar-refractivity contribution in [3.05, 3.63) is 69.0 Å². The molecule has 9 heteroatoms. The number of carbonyl (C=O) groups is 1. The topological polar surface area (TPSA) is 142 Å². The maximum absolute atomic E-state index is 13.1. The molecule has 0 radical (unpaired) electrons. The van der Waals surface area contributed by atoms with Crippen LogP contribution in [0.25, 0.3) is 0 Å². The molecule has 0 saturated carbocycles. The van der Waals surface area contributed by atoms with E-state index < -0.39 is 47.7 Å². The number of ether oxygens (including phenoxy) is 1. The van der Waals surface area contributed by atoms with Crippen molar-refractivity contribution in [1.82, 2.24) is 9.55 Å². The summed E-state index contributed by atoms with van der Waals surface area (Å²) in [4.78, 5) is 38.7. The Labute approximate surface area is 153 Å². The Morgan fingerprint density at radius 1 is 1.19 bits per heavy atom. The van der Waals surface area contributed by atoms with Gasteiger partial charge in [0, 0.05) is 18.7 Å². The minimum atomic E-state index is -2.25. The maximum atomic E-state index is 13.1. The molecule has 4 atom stereocenters. The zero-order chi connectivity index (χ0) is 19.6. The summed E-state index contributed by atoms with van der Waals surface area (Å²) in [6.07, 6.45) is -3.42. The molecule has 9 nitrogen and oxygen atoms in total. The smallest absolute Gasteiger partial charge is 0.331 e. The second-order valence-corrected chi connectivity index (χ2v) is 6.36. The highest BCUT2D eigenvalue weighted by Crippen LogP contribution is 2.36. The highest BCUT2D eigenvalue weighted by molar-refractivity contribution is 5.86. The van der Waals surface area contributed by atoms with E-state index in [1.54, 1.807) is 0 Å². The Morgan fingerprint density at radius 2 is 1.89 bits per heavy atom. The number of carbonyl (C=O) groups excluding carboxylic acids is 1. The van der Waals surface area contributed by atoms with Crippen LogP contribution in [0.3, 0.4) is 0 Å². The number of nitrogens with one attached hydrogen (secondary N) is 1. The van der Waals surface area contributed by atoms with Crippen molar-refractivity contribution in [2.24, 2.45) is 0 Å². The van der Waals surface area contributed by atoms with E-state index in [0.29, 0.717) is 6.42 Å². The van der Waals surface area contributed by atoms with Crippen molar-refractivity contribution in [1.29, 1.82) is 0 Å². The van der Waals surface area contributed by atoms with Gasteiger partial charge in [0.1, 0.15) is 18.3 Å². The van der Waals surface area contributed by atoms with Gasteiger partial charge >= 0.3 is 5.69 Å². The van der Waals surface area contributed by atoms with Crippen LogP contribution in [0.2, 0.25) is 0 Å². The average Bonchev–Trinajstić information content (AvgIpc) is 2.92. The highest BCUT2D eigenvalue weighted by Gasteiger charge is 2.60. The molecule has 0 unspecified atom stereocenters. The van der Waals surface area contributed by atoms with E-state index in [1.165, 1.54) is 0 Å². The number of aryl methyl sites for hydroxylation is 1. The lowest BCUT2D eigenvalue weighted by molar-refractivity contribution is -0.176. The third-order valence-corrected chi connectivity index (χ3v) is 4.68. The number of H-pyrrole nitrogens is 1. The molecule has 1 saturated heterocycles. The summed E-state index contributed by atoms with van der Waals surface area (Å²) in [6.45, 7) is -0.663. The molecule has 4 N–H and O–H groups in total. The summed E-state index contributed by atoms with van der Waals surface area (Å²) < 4.78 is 6.28. The molecule has 1 aromatic carbocycles. The number of aliphatic hydroxyl groups excluding tert-OH is 3. The average molecular weight is 376 g/mol. The molecule has 1 fully saturated rings. The summed E-state index contributed by atoms with van der Waals surface area (Å²) in [5.74, 6) is -0.664. The molecule has 1 aromatic heterocycles. The Balaban J connectivity index is 2.01. The fourth-order valence-electron chi connectivity index (χ4n) is 3.27. The number of hydrogen-bond acceptors (Lipinski definition) is 7. The zero-order valence-corrected chi connectivity index (χ0v) is 14.3. The van der Waals surface area contributed by atoms with Gasteiger partial charge in [-0.2, -0.15) is 0 Å². The van der Waals surface area contributed by atoms with Crippen molar-refractivity contribution < 1.29 is 24.9 Å². The number of nitrogens with zero attached hydrogens (tertiary/aromatic N) is 1. The minimum Gasteiger partial charge on any atom is -0.394 e. The zero-order valence-electron chi connectivity index (χ0n) is 14.3. The molecule has 3 rings (SSSR count). The largest absolute Gasteiger partial charge is 0.394 e. The number of aromatic nitrogens is 2. The monoisotopic (exact) mass is 376 g/mol. The first-order valence-corrected chi connectivity index (χ1v) is 8.44. The molecule has 144 valence electrons. The van der Waals surface area contributed by atoms with Crippen LogP contribution in [-0.2, 0) is 21.7 Å². The quantitative estimate of drug-likeness (QED) is 0.481. The first kappa shape index (κ1) is 19.2. The third kappa shape index (κ3) is 3.37. The molecular formula is C18H20N2O7. The molecule has 1 aliphatic heterocycles. The first-order valence-electron chi connectivity index (χ1n) is 8.44. The SMILES string of the molecule is O=C(CCc1ccccc1)[C@@]1(n2ccc(=O)[nH]c2=O)O[C@H](CO)[C@@H](O)[C@H]1O. The molecule has 2 heterocycles. The van der Waals surface area contributed by atoms with Gasteiger partial charge in [0.15, 0.2) is 5.78 Å². The summed E-state index contributed by atoms with van der Waals surface area (Å²) in [5, 5.41) is 30.1. The molecule has 0 spiro atoms. The number of aliphatic hydroxyl groups is 3. The summed E-state index contributed by atoms with van der Waals surface area (Å²) in [5.41, 5.74) is -3.04. The molecule has 1 aliphatic rings. The van der Waals surface area contributed by atoms with Crippen molar-refractivity contribution in [3.8, 4) is 0 Å². The van der Waals surface area contributed by atoms with Crippen molar-refractivity contribution in [2.45, 2.75) is 36.9 Å². The number of Topliss-reactive ketones (excluding diaryl/α,β-unsaturated/α-hetero) is 1. The molecule has 0 bridgehead atoms. The predicted molar refractivity (Wildman–Crippen MR) is 93.0 cm³/mol. The number of hydrogen-bond donors (Lipinski definition) is 4. The van der Waals surface area contributed by atoms with Crippen LogP contribution in [0.5, 0.6) is 0 Å². The fourth-order valence-corrected chi connectivity index (χ4v) is 3.27. The van der Waals surface area contributed by atoms with Gasteiger partial charge in [-0.1, -0.05) is 30.3 Å². The fraction of sp³-hybridized carbons (Fsp3) is 0.389. The van der Waals surface area contributed by atoms with E-state index in [0.717, 1.165) is 22.4 Å². The highest BCUT2D eigenvalue weighted by atomic mass is 16.6. The van der Waals surface area contributed by atoms with Gasteiger partial charge in [-0.15, -0.1) is 0 Å². The molecule has 27 heavy (non-hydrogen) atoms. The van der Waals surface area contributed by atoms with E-state index >= 15 is 0 Å². The van der Waals surface area contributed by atoms with Crippen LogP contribution in [0.15, 0.2) is 52.2 Å². The lowest BCUT2D eigenvalue weighted by Gasteiger charge is -2.32. The standard InChI is InChI=1S/C18H20N2O7/c21-10-12-15(24)16(25)18(27-12,20-9-8-14(23)19-17(20)26)13(22)7-6-11-4-2-1-3-5-11/h1-5,8-9,12,15-16,21,24-25H,6-7,10H2,(H,19,23,26)/t12-,15-,16-,18-/m1/s1. The van der Waals surface area contributed by atoms with Gasteiger partial charge in [0.05, 0.1) is 6.61 Å². The molecule has 0 amide bonds. The number of rotatable bonds is 6. The Kier molecular flexibility index (Phi) is 5.38. The van der Waals surface area contributed by atoms with Gasteiger partial charge in [-0.25, -0.2) is 4.79 Å². The Bertz CT molecular complexity index is 923. The van der Waals surface area contributed by atoms with Crippen LogP contribution in [-0.4, -0.2) is 55.6 Å². The molecule has 2 aromatic rings. The van der Waals surface area contributed by atoms with Gasteiger partial charge in [-0.05, 0) is 12.0 Å². The van der Waals surface area contributed by atoms with E-state index in [4.69, 9.17) is 4.74 Å². The second-order valence-electron chi connectivity index (χ2n) is 6.36. The maximum Gasteiger partial charge on any atom is 0.331 e. The summed E-state index contributed by atoms with van der Waals surface area (Å²) in [6, 6.07) is 10.1. The predicted octanol–water partition coefficient (Wildman–Crippen LogP) is -1.50. The number of ketones is 1. The van der Waals surface area contributed by atoms with E-state index in [-0.39, 0.29) is 6.42 Å². The van der Waals surface area contributed by atoms with E-state index in [9.17, 15) is 29.7 Å². The van der Waals surface area contributed by atoms with Gasteiger partial charge in [-0.3, -0.25) is 19.1 Å². The van der Waals surface area contributed by atoms with Crippen LogP contribution in [0, 0.1) is 0 Å². The second kappa shape index (κ2) is 7.57. The van der Waals surface area contributed by atoms with Crippen LogP contribution in [0.4, 0.5) is 0 Å². The van der Waals surface area contributed by atoms with Crippen molar-refractivity contribution in [2.75, 3.05) is 6.61 Å². The minimum absolute atomic E-state index is 0.0997. The lowest BCUT2D eigenvalue weighted by atomic mass is 9.94. The van der Waals surface area contributed by atoms with Gasteiger partial charge < -0.3 is 20.1 Å². The molecule has 0 aliphatic carbocycles. The van der Waals surface area contributed by atoms with Crippen LogP contribution in [0.1, 0.15) is 12.0 Å². The lowest BCUT2D eigenvalue weighted by Crippen LogP contribution is -2.56. The first-order chi connectivity index (χ1) is 12.9. The Morgan fingerprint density at radius 3 is 2.48 bits per heavy atom. The molecular weight excluding hydrogens is 356 g/mol. The van der Waals surface area contributed by atoms with Gasteiger partial charge in [0.2, 0.25) is 5.72 Å². The van der Waals surface area contributed by atoms with Crippen LogP contribution < -0.4 is 11.2 Å². The number of aromatic amines is 1. The van der Waals surface area contributed by atoms with E-state index in [1.807, 2.05) is 35.3 Å². The van der Waals surface area contributed by atoms with Crippen molar-refractivity contribution in [3.63, 3.8) is 0 Å².